The Bertz CT molecular complexity index is 610. The molecule has 1 aromatic heterocycles. The molecule has 0 fully saturated rings. The molecule has 6 heteroatoms. The molecule has 2 rings (SSSR count). The second-order valence-corrected chi connectivity index (χ2v) is 5.60. The highest BCUT2D eigenvalue weighted by Gasteiger charge is 2.16. The van der Waals surface area contributed by atoms with Crippen molar-refractivity contribution >= 4 is 28.4 Å². The van der Waals surface area contributed by atoms with Crippen LogP contribution in [0.5, 0.6) is 0 Å². The lowest BCUT2D eigenvalue weighted by Gasteiger charge is -2.09. The molecule has 0 amide bonds. The van der Waals surface area contributed by atoms with E-state index < -0.39 is 0 Å². The first-order valence-electron chi connectivity index (χ1n) is 5.85. The highest BCUT2D eigenvalue weighted by Crippen LogP contribution is 2.16. The van der Waals surface area contributed by atoms with Gasteiger partial charge in [-0.1, -0.05) is 0 Å². The van der Waals surface area contributed by atoms with E-state index in [1.807, 2.05) is 36.4 Å². The van der Waals surface area contributed by atoms with Crippen molar-refractivity contribution in [2.75, 3.05) is 0 Å². The number of Topliss-reactive ketones (excluding diaryl/α,β-unsaturated/α-hetero) is 1. The van der Waals surface area contributed by atoms with E-state index in [1.165, 1.54) is 24.5 Å². The van der Waals surface area contributed by atoms with Crippen LogP contribution in [0.2, 0.25) is 0 Å². The minimum atomic E-state index is -0.341. The summed E-state index contributed by atoms with van der Waals surface area (Å²) in [5, 5.41) is 4.09. The Kier molecular flexibility index (Phi) is 4.28. The molecule has 19 heavy (non-hydrogen) atoms. The number of aromatic nitrogens is 3. The van der Waals surface area contributed by atoms with Gasteiger partial charge in [-0.3, -0.25) is 4.79 Å². The topological polar surface area (TPSA) is 47.8 Å². The van der Waals surface area contributed by atoms with E-state index >= 15 is 0 Å². The zero-order valence-corrected chi connectivity index (χ0v) is 12.8. The second kappa shape index (κ2) is 5.77. The van der Waals surface area contributed by atoms with Gasteiger partial charge in [-0.15, -0.1) is 0 Å². The van der Waals surface area contributed by atoms with Crippen molar-refractivity contribution in [1.29, 1.82) is 0 Å². The van der Waals surface area contributed by atoms with Crippen molar-refractivity contribution in [2.24, 2.45) is 0 Å². The van der Waals surface area contributed by atoms with Crippen molar-refractivity contribution in [3.05, 3.63) is 45.3 Å². The monoisotopic (exact) mass is 373 g/mol. The first-order valence-corrected chi connectivity index (χ1v) is 6.93. The Labute approximate surface area is 124 Å². The van der Waals surface area contributed by atoms with Crippen LogP contribution < -0.4 is 0 Å². The number of carbonyl (C=O) groups excluding carboxylic acids is 1. The number of hydrogen-bond donors (Lipinski definition) is 0. The molecule has 0 atom stereocenters. The number of benzene rings is 1. The third-order valence-corrected chi connectivity index (χ3v) is 3.58. The molecule has 0 bridgehead atoms. The number of hydrogen-bond acceptors (Lipinski definition) is 3. The van der Waals surface area contributed by atoms with Crippen LogP contribution in [0.1, 0.15) is 36.1 Å². The summed E-state index contributed by atoms with van der Waals surface area (Å²) in [6.07, 6.45) is 1.61. The van der Waals surface area contributed by atoms with E-state index in [0.29, 0.717) is 15.0 Å². The molecule has 0 saturated carbocycles. The Balaban J connectivity index is 2.23. The van der Waals surface area contributed by atoms with E-state index in [2.05, 4.69) is 10.1 Å². The van der Waals surface area contributed by atoms with Crippen molar-refractivity contribution in [2.45, 2.75) is 26.3 Å². The summed E-state index contributed by atoms with van der Waals surface area (Å²) in [7, 11) is 0. The molecule has 1 heterocycles. The molecule has 0 spiro atoms. The van der Waals surface area contributed by atoms with Crippen LogP contribution in [0.25, 0.3) is 0 Å². The minimum Gasteiger partial charge on any atom is -0.294 e. The zero-order valence-electron chi connectivity index (χ0n) is 10.6. The summed E-state index contributed by atoms with van der Waals surface area (Å²) in [5.74, 6) is 0.200. The molecule has 0 aliphatic rings. The van der Waals surface area contributed by atoms with Crippen LogP contribution >= 0.6 is 22.6 Å². The SMILES string of the molecule is CC(C)n1ncnc1CC(=O)c1ccc(F)cc1I. The Morgan fingerprint density at radius 3 is 2.84 bits per heavy atom. The van der Waals surface area contributed by atoms with Gasteiger partial charge in [-0.2, -0.15) is 5.10 Å². The van der Waals surface area contributed by atoms with Gasteiger partial charge in [0.25, 0.3) is 0 Å². The van der Waals surface area contributed by atoms with Gasteiger partial charge >= 0.3 is 0 Å². The number of ketones is 1. The number of nitrogens with zero attached hydrogens (tertiary/aromatic N) is 3. The van der Waals surface area contributed by atoms with Gasteiger partial charge in [0.15, 0.2) is 5.78 Å². The van der Waals surface area contributed by atoms with E-state index in [9.17, 15) is 9.18 Å². The Morgan fingerprint density at radius 1 is 1.47 bits per heavy atom. The van der Waals surface area contributed by atoms with Crippen LogP contribution in [-0.2, 0) is 6.42 Å². The molecule has 0 radical (unpaired) electrons. The fourth-order valence-corrected chi connectivity index (χ4v) is 2.56. The van der Waals surface area contributed by atoms with Crippen molar-refractivity contribution in [1.82, 2.24) is 14.8 Å². The highest BCUT2D eigenvalue weighted by molar-refractivity contribution is 14.1. The van der Waals surface area contributed by atoms with E-state index in [0.717, 1.165) is 0 Å². The first kappa shape index (κ1) is 14.1. The average molecular weight is 373 g/mol. The summed E-state index contributed by atoms with van der Waals surface area (Å²) in [6.45, 7) is 3.95. The average Bonchev–Trinajstić information content (AvgIpc) is 2.76. The second-order valence-electron chi connectivity index (χ2n) is 4.44. The lowest BCUT2D eigenvalue weighted by atomic mass is 10.1. The van der Waals surface area contributed by atoms with Gasteiger partial charge in [0.05, 0.1) is 6.42 Å². The van der Waals surface area contributed by atoms with Crippen LogP contribution in [0.3, 0.4) is 0 Å². The largest absolute Gasteiger partial charge is 0.294 e. The van der Waals surface area contributed by atoms with Gasteiger partial charge < -0.3 is 0 Å². The van der Waals surface area contributed by atoms with Crippen LogP contribution in [0.4, 0.5) is 4.39 Å². The van der Waals surface area contributed by atoms with E-state index in [1.54, 1.807) is 4.68 Å². The van der Waals surface area contributed by atoms with Crippen LogP contribution in [0, 0.1) is 9.39 Å². The quantitative estimate of drug-likeness (QED) is 0.612. The van der Waals surface area contributed by atoms with Crippen molar-refractivity contribution in [3.63, 3.8) is 0 Å². The summed E-state index contributed by atoms with van der Waals surface area (Å²) < 4.78 is 15.3. The summed E-state index contributed by atoms with van der Waals surface area (Å²) in [5.41, 5.74) is 0.514. The van der Waals surface area contributed by atoms with Gasteiger partial charge in [0.2, 0.25) is 0 Å². The number of halogens is 2. The van der Waals surface area contributed by atoms with Crippen LogP contribution in [0.15, 0.2) is 24.5 Å². The zero-order chi connectivity index (χ0) is 14.0. The molecular formula is C13H13FIN3O. The van der Waals surface area contributed by atoms with E-state index in [-0.39, 0.29) is 24.1 Å². The minimum absolute atomic E-state index is 0.0840. The van der Waals surface area contributed by atoms with Gasteiger partial charge in [0, 0.05) is 15.2 Å². The smallest absolute Gasteiger partial charge is 0.171 e. The Hall–Kier alpha value is -1.31. The normalized spacial score (nSPS) is 11.0. The third kappa shape index (κ3) is 3.17. The molecule has 0 N–H and O–H groups in total. The maximum Gasteiger partial charge on any atom is 0.171 e. The molecule has 0 aliphatic carbocycles. The molecule has 0 aliphatic heterocycles. The predicted molar refractivity (Wildman–Crippen MR) is 77.6 cm³/mol. The molecule has 0 unspecified atom stereocenters. The predicted octanol–water partition coefficient (Wildman–Crippen LogP) is 3.03. The maximum atomic E-state index is 13.0. The standard InChI is InChI=1S/C13H13FIN3O/c1-8(2)18-13(16-7-17-18)6-12(19)10-4-3-9(14)5-11(10)15/h3-5,7-8H,6H2,1-2H3. The summed E-state index contributed by atoms with van der Waals surface area (Å²) in [6, 6.07) is 4.30. The molecule has 1 aromatic carbocycles. The fourth-order valence-electron chi connectivity index (χ4n) is 1.79. The summed E-state index contributed by atoms with van der Waals surface area (Å²) >= 11 is 1.96. The van der Waals surface area contributed by atoms with Gasteiger partial charge in [-0.25, -0.2) is 14.1 Å². The van der Waals surface area contributed by atoms with Crippen LogP contribution in [-0.4, -0.2) is 20.5 Å². The van der Waals surface area contributed by atoms with Gasteiger partial charge in [-0.05, 0) is 54.6 Å². The van der Waals surface area contributed by atoms with E-state index in [4.69, 9.17) is 0 Å². The molecular weight excluding hydrogens is 360 g/mol. The summed E-state index contributed by atoms with van der Waals surface area (Å²) in [4.78, 5) is 16.3. The maximum absolute atomic E-state index is 13.0. The number of carbonyl (C=O) groups is 1. The molecule has 2 aromatic rings. The fraction of sp³-hybridized carbons (Fsp3) is 0.308. The lowest BCUT2D eigenvalue weighted by Crippen LogP contribution is -2.14. The van der Waals surface area contributed by atoms with Crippen molar-refractivity contribution < 1.29 is 9.18 Å². The first-order chi connectivity index (χ1) is 8.99. The number of rotatable bonds is 4. The highest BCUT2D eigenvalue weighted by atomic mass is 127. The molecule has 0 saturated heterocycles. The van der Waals surface area contributed by atoms with Crippen molar-refractivity contribution in [3.8, 4) is 0 Å². The molecule has 100 valence electrons. The third-order valence-electron chi connectivity index (χ3n) is 2.69. The van der Waals surface area contributed by atoms with Gasteiger partial charge in [0.1, 0.15) is 18.0 Å². The lowest BCUT2D eigenvalue weighted by molar-refractivity contribution is 0.0988. The Morgan fingerprint density at radius 2 is 2.21 bits per heavy atom. The molecule has 4 nitrogen and oxygen atoms in total.